The smallest absolute Gasteiger partial charge is 0.359 e. The Bertz CT molecular complexity index is 965. The lowest BCUT2D eigenvalue weighted by atomic mass is 10.1. The number of aromatic nitrogens is 2. The quantitative estimate of drug-likeness (QED) is 0.680. The Labute approximate surface area is 146 Å². The Balaban J connectivity index is 1.66. The van der Waals surface area contributed by atoms with Gasteiger partial charge in [0.15, 0.2) is 12.3 Å². The Hall–Kier alpha value is -3.00. The fraction of sp³-hybridized carbons (Fsp3) is 0.176. The number of aromatic amines is 1. The highest BCUT2D eigenvalue weighted by Gasteiger charge is 2.17. The third-order valence-electron chi connectivity index (χ3n) is 3.57. The number of nitrogens with one attached hydrogen (secondary N) is 2. The van der Waals surface area contributed by atoms with Gasteiger partial charge in [0.2, 0.25) is 0 Å². The molecule has 7 nitrogen and oxygen atoms in total. The minimum atomic E-state index is -0.772. The molecule has 0 aliphatic carbocycles. The topological polar surface area (TPSA) is 101 Å². The van der Waals surface area contributed by atoms with E-state index in [0.29, 0.717) is 10.8 Å². The molecule has 0 radical (unpaired) electrons. The summed E-state index contributed by atoms with van der Waals surface area (Å²) in [5, 5.41) is 11.4. The summed E-state index contributed by atoms with van der Waals surface area (Å²) in [5.41, 5.74) is -0.427. The summed E-state index contributed by atoms with van der Waals surface area (Å²) in [7, 11) is 0. The minimum absolute atomic E-state index is 0.0331. The molecular formula is C17H15N3O4S. The average molecular weight is 357 g/mol. The first kappa shape index (κ1) is 16.8. The Morgan fingerprint density at radius 3 is 2.72 bits per heavy atom. The summed E-state index contributed by atoms with van der Waals surface area (Å²) in [4.78, 5) is 36.9. The molecule has 1 aromatic carbocycles. The molecule has 3 aromatic rings. The van der Waals surface area contributed by atoms with Crippen LogP contribution in [0.25, 0.3) is 10.8 Å². The summed E-state index contributed by atoms with van der Waals surface area (Å²) in [6.07, 6.45) is 0. The Kier molecular flexibility index (Phi) is 4.90. The molecule has 2 aromatic heterocycles. The number of rotatable bonds is 5. The number of esters is 1. The maximum atomic E-state index is 12.2. The van der Waals surface area contributed by atoms with Crippen molar-refractivity contribution in [3.63, 3.8) is 0 Å². The third kappa shape index (κ3) is 3.74. The number of ether oxygens (including phenoxy) is 1. The van der Waals surface area contributed by atoms with Crippen molar-refractivity contribution in [3.05, 3.63) is 62.7 Å². The van der Waals surface area contributed by atoms with Gasteiger partial charge in [0.25, 0.3) is 11.5 Å². The van der Waals surface area contributed by atoms with Gasteiger partial charge in [0.05, 0.1) is 11.4 Å². The van der Waals surface area contributed by atoms with Crippen LogP contribution < -0.4 is 10.9 Å². The summed E-state index contributed by atoms with van der Waals surface area (Å²) in [6, 6.07) is 10.2. The van der Waals surface area contributed by atoms with E-state index in [1.165, 1.54) is 11.3 Å². The molecular weight excluding hydrogens is 342 g/mol. The van der Waals surface area contributed by atoms with Crippen molar-refractivity contribution in [1.29, 1.82) is 0 Å². The number of fused-ring (bicyclic) bond motifs is 1. The molecule has 0 aliphatic rings. The van der Waals surface area contributed by atoms with E-state index in [4.69, 9.17) is 4.74 Å². The van der Waals surface area contributed by atoms with Crippen LogP contribution in [0.4, 0.5) is 0 Å². The molecule has 0 bridgehead atoms. The maximum Gasteiger partial charge on any atom is 0.359 e. The van der Waals surface area contributed by atoms with E-state index in [1.807, 2.05) is 24.4 Å². The van der Waals surface area contributed by atoms with Crippen molar-refractivity contribution >= 4 is 34.0 Å². The van der Waals surface area contributed by atoms with E-state index < -0.39 is 24.0 Å². The van der Waals surface area contributed by atoms with E-state index in [1.54, 1.807) is 24.3 Å². The highest BCUT2D eigenvalue weighted by atomic mass is 32.1. The zero-order valence-electron chi connectivity index (χ0n) is 13.3. The van der Waals surface area contributed by atoms with Crippen LogP contribution in [0.3, 0.4) is 0 Å². The number of hydrogen-bond donors (Lipinski definition) is 2. The summed E-state index contributed by atoms with van der Waals surface area (Å²) in [6.45, 7) is 1.42. The van der Waals surface area contributed by atoms with E-state index in [-0.39, 0.29) is 11.7 Å². The zero-order chi connectivity index (χ0) is 17.8. The number of amides is 1. The van der Waals surface area contributed by atoms with Crippen LogP contribution >= 0.6 is 11.3 Å². The van der Waals surface area contributed by atoms with Crippen LogP contribution in [-0.2, 0) is 9.53 Å². The van der Waals surface area contributed by atoms with Crippen molar-refractivity contribution in [2.75, 3.05) is 6.61 Å². The number of H-pyrrole nitrogens is 1. The number of thiophene rings is 1. The molecule has 0 spiro atoms. The lowest BCUT2D eigenvalue weighted by molar-refractivity contribution is -0.124. The molecule has 1 atom stereocenters. The molecule has 2 N–H and O–H groups in total. The molecule has 25 heavy (non-hydrogen) atoms. The average Bonchev–Trinajstić information content (AvgIpc) is 3.15. The van der Waals surface area contributed by atoms with E-state index in [9.17, 15) is 14.4 Å². The SMILES string of the molecule is CC(NC(=O)COC(=O)c1n[nH]c(=O)c2ccccc12)c1cccs1. The molecule has 0 saturated heterocycles. The highest BCUT2D eigenvalue weighted by molar-refractivity contribution is 7.10. The molecule has 0 fully saturated rings. The van der Waals surface area contributed by atoms with Gasteiger partial charge in [-0.15, -0.1) is 11.3 Å². The van der Waals surface area contributed by atoms with Gasteiger partial charge in [-0.2, -0.15) is 5.10 Å². The molecule has 2 heterocycles. The van der Waals surface area contributed by atoms with Gasteiger partial charge in [0.1, 0.15) is 0 Å². The third-order valence-corrected chi connectivity index (χ3v) is 4.63. The number of carbonyl (C=O) groups is 2. The van der Waals surface area contributed by atoms with Crippen LogP contribution in [0, 0.1) is 0 Å². The zero-order valence-corrected chi connectivity index (χ0v) is 14.1. The van der Waals surface area contributed by atoms with Gasteiger partial charge in [0, 0.05) is 10.3 Å². The van der Waals surface area contributed by atoms with E-state index in [2.05, 4.69) is 15.5 Å². The predicted molar refractivity (Wildman–Crippen MR) is 93.5 cm³/mol. The second kappa shape index (κ2) is 7.27. The second-order valence-electron chi connectivity index (χ2n) is 5.33. The molecule has 0 saturated carbocycles. The van der Waals surface area contributed by atoms with Crippen molar-refractivity contribution in [1.82, 2.24) is 15.5 Å². The van der Waals surface area contributed by atoms with Crippen LogP contribution in [0.15, 0.2) is 46.6 Å². The van der Waals surface area contributed by atoms with Gasteiger partial charge in [-0.25, -0.2) is 9.89 Å². The maximum absolute atomic E-state index is 12.2. The van der Waals surface area contributed by atoms with E-state index >= 15 is 0 Å². The molecule has 128 valence electrons. The predicted octanol–water partition coefficient (Wildman–Crippen LogP) is 2.02. The van der Waals surface area contributed by atoms with Crippen LogP contribution in [0.2, 0.25) is 0 Å². The largest absolute Gasteiger partial charge is 0.451 e. The van der Waals surface area contributed by atoms with Gasteiger partial charge in [-0.05, 0) is 24.4 Å². The van der Waals surface area contributed by atoms with Crippen molar-refractivity contribution in [2.24, 2.45) is 0 Å². The number of nitrogens with zero attached hydrogens (tertiary/aromatic N) is 1. The number of benzene rings is 1. The van der Waals surface area contributed by atoms with Gasteiger partial charge < -0.3 is 10.1 Å². The molecule has 1 amide bonds. The first-order chi connectivity index (χ1) is 12.1. The highest BCUT2D eigenvalue weighted by Crippen LogP contribution is 2.18. The summed E-state index contributed by atoms with van der Waals surface area (Å²) < 4.78 is 5.02. The molecule has 1 unspecified atom stereocenters. The van der Waals surface area contributed by atoms with Crippen LogP contribution in [0.5, 0.6) is 0 Å². The second-order valence-corrected chi connectivity index (χ2v) is 6.31. The minimum Gasteiger partial charge on any atom is -0.451 e. The Morgan fingerprint density at radius 2 is 2.00 bits per heavy atom. The summed E-state index contributed by atoms with van der Waals surface area (Å²) >= 11 is 1.53. The molecule has 8 heteroatoms. The first-order valence-corrected chi connectivity index (χ1v) is 8.41. The van der Waals surface area contributed by atoms with Gasteiger partial charge in [-0.3, -0.25) is 9.59 Å². The molecule has 3 rings (SSSR count). The van der Waals surface area contributed by atoms with Gasteiger partial charge in [-0.1, -0.05) is 24.3 Å². The summed E-state index contributed by atoms with van der Waals surface area (Å²) in [5.74, 6) is -1.19. The number of hydrogen-bond acceptors (Lipinski definition) is 6. The molecule has 0 aliphatic heterocycles. The van der Waals surface area contributed by atoms with E-state index in [0.717, 1.165) is 4.88 Å². The number of carbonyl (C=O) groups excluding carboxylic acids is 2. The fourth-order valence-corrected chi connectivity index (χ4v) is 3.10. The lowest BCUT2D eigenvalue weighted by Gasteiger charge is -2.12. The van der Waals surface area contributed by atoms with Crippen LogP contribution in [-0.4, -0.2) is 28.7 Å². The van der Waals surface area contributed by atoms with Crippen LogP contribution in [0.1, 0.15) is 28.3 Å². The first-order valence-electron chi connectivity index (χ1n) is 7.53. The standard InChI is InChI=1S/C17H15N3O4S/c1-10(13-7-4-8-25-13)18-14(21)9-24-17(23)15-11-5-2-3-6-12(11)16(22)20-19-15/h2-8,10H,9H2,1H3,(H,18,21)(H,20,22). The lowest BCUT2D eigenvalue weighted by Crippen LogP contribution is -2.31. The van der Waals surface area contributed by atoms with Gasteiger partial charge >= 0.3 is 5.97 Å². The Morgan fingerprint density at radius 1 is 1.24 bits per heavy atom. The van der Waals surface area contributed by atoms with Crippen molar-refractivity contribution in [2.45, 2.75) is 13.0 Å². The van der Waals surface area contributed by atoms with Crippen molar-refractivity contribution in [3.8, 4) is 0 Å². The fourth-order valence-electron chi connectivity index (χ4n) is 2.36. The van der Waals surface area contributed by atoms with Crippen molar-refractivity contribution < 1.29 is 14.3 Å². The normalized spacial score (nSPS) is 11.9. The monoisotopic (exact) mass is 357 g/mol.